The van der Waals surface area contributed by atoms with Crippen LogP contribution < -0.4 is 11.1 Å². The molecule has 0 unspecified atom stereocenters. The predicted molar refractivity (Wildman–Crippen MR) is 133 cm³/mol. The summed E-state index contributed by atoms with van der Waals surface area (Å²) in [4.78, 5) is 17.4. The average molecular weight is 440 g/mol. The van der Waals surface area contributed by atoms with E-state index >= 15 is 0 Å². The van der Waals surface area contributed by atoms with Gasteiger partial charge >= 0.3 is 0 Å². The van der Waals surface area contributed by atoms with Crippen molar-refractivity contribution < 1.29 is 4.79 Å². The third-order valence-corrected chi connectivity index (χ3v) is 5.88. The maximum Gasteiger partial charge on any atom is 0.251 e. The monoisotopic (exact) mass is 439 g/mol. The van der Waals surface area contributed by atoms with Crippen LogP contribution in [0.25, 0.3) is 11.0 Å². The number of amides is 1. The Kier molecular flexibility index (Phi) is 6.83. The quantitative estimate of drug-likeness (QED) is 0.207. The number of carbonyl (C=O) groups excluding carboxylic acids is 1. The van der Waals surface area contributed by atoms with Crippen molar-refractivity contribution in [3.05, 3.63) is 101 Å². The van der Waals surface area contributed by atoms with Crippen LogP contribution in [0.15, 0.2) is 72.8 Å². The van der Waals surface area contributed by atoms with E-state index in [0.717, 1.165) is 41.7 Å². The first-order valence-corrected chi connectivity index (χ1v) is 11.2. The molecule has 0 saturated heterocycles. The number of nitrogens with one attached hydrogen (secondary N) is 2. The van der Waals surface area contributed by atoms with E-state index in [4.69, 9.17) is 16.1 Å². The van der Waals surface area contributed by atoms with Crippen molar-refractivity contribution in [1.29, 1.82) is 5.41 Å². The number of aryl methyl sites for hydroxylation is 2. The van der Waals surface area contributed by atoms with Crippen LogP contribution >= 0.6 is 0 Å². The summed E-state index contributed by atoms with van der Waals surface area (Å²) in [5.74, 6) is 0.911. The summed E-state index contributed by atoms with van der Waals surface area (Å²) in [6, 6.07) is 23.7. The molecule has 6 nitrogen and oxygen atoms in total. The number of unbranched alkanes of at least 4 members (excludes halogenated alkanes) is 1. The molecule has 4 aromatic rings. The fourth-order valence-electron chi connectivity index (χ4n) is 3.94. The van der Waals surface area contributed by atoms with Crippen molar-refractivity contribution in [3.63, 3.8) is 0 Å². The molecule has 0 spiro atoms. The average Bonchev–Trinajstić information content (AvgIpc) is 3.14. The molecular formula is C27H29N5O. The maximum absolute atomic E-state index is 12.6. The molecule has 168 valence electrons. The molecule has 0 atom stereocenters. The highest BCUT2D eigenvalue weighted by Crippen LogP contribution is 2.19. The van der Waals surface area contributed by atoms with Crippen molar-refractivity contribution in [1.82, 2.24) is 14.9 Å². The third-order valence-electron chi connectivity index (χ3n) is 5.88. The van der Waals surface area contributed by atoms with Gasteiger partial charge in [0.15, 0.2) is 0 Å². The lowest BCUT2D eigenvalue weighted by molar-refractivity contribution is 0.0953. The molecule has 1 heterocycles. The number of aromatic nitrogens is 2. The third kappa shape index (κ3) is 5.47. The van der Waals surface area contributed by atoms with E-state index in [1.54, 1.807) is 0 Å². The first kappa shape index (κ1) is 22.3. The molecule has 6 heteroatoms. The summed E-state index contributed by atoms with van der Waals surface area (Å²) in [6.07, 6.45) is 3.67. The summed E-state index contributed by atoms with van der Waals surface area (Å²) in [7, 11) is 1.99. The largest absolute Gasteiger partial charge is 0.384 e. The van der Waals surface area contributed by atoms with Gasteiger partial charge < -0.3 is 15.6 Å². The number of rotatable bonds is 9. The van der Waals surface area contributed by atoms with E-state index in [2.05, 4.69) is 34.1 Å². The van der Waals surface area contributed by atoms with Crippen LogP contribution in [-0.2, 0) is 19.9 Å². The van der Waals surface area contributed by atoms with Gasteiger partial charge in [-0.1, -0.05) is 54.6 Å². The zero-order chi connectivity index (χ0) is 23.2. The fraction of sp³-hybridized carbons (Fsp3) is 0.222. The Morgan fingerprint density at radius 2 is 1.70 bits per heavy atom. The second-order valence-corrected chi connectivity index (χ2v) is 8.28. The van der Waals surface area contributed by atoms with Crippen molar-refractivity contribution in [2.75, 3.05) is 6.54 Å². The fourth-order valence-corrected chi connectivity index (χ4v) is 3.94. The molecule has 3 aromatic carbocycles. The summed E-state index contributed by atoms with van der Waals surface area (Å²) in [5.41, 5.74) is 11.1. The minimum absolute atomic E-state index is 0.0614. The number of nitrogens with two attached hydrogens (primary N) is 1. The SMILES string of the molecule is Cn1c(Cc2ccc(C(=N)N)cc2)nc2cc(C(=O)NCCCCc3ccccc3)ccc21. The molecule has 0 bridgehead atoms. The molecule has 1 aromatic heterocycles. The second kappa shape index (κ2) is 10.1. The first-order chi connectivity index (χ1) is 16.0. The van der Waals surface area contributed by atoms with E-state index < -0.39 is 0 Å². The Labute approximate surface area is 194 Å². The van der Waals surface area contributed by atoms with Gasteiger partial charge in [0.1, 0.15) is 11.7 Å². The standard InChI is InChI=1S/C27H29N5O/c1-32-24-15-14-22(27(33)30-16-6-5-9-19-7-3-2-4-8-19)18-23(24)31-25(32)17-20-10-12-21(13-11-20)26(28)29/h2-4,7-8,10-15,18H,5-6,9,16-17H2,1H3,(H3,28,29)(H,30,33). The van der Waals surface area contributed by atoms with Crippen molar-refractivity contribution in [2.45, 2.75) is 25.7 Å². The summed E-state index contributed by atoms with van der Waals surface area (Å²) in [6.45, 7) is 0.660. The lowest BCUT2D eigenvalue weighted by Gasteiger charge is -2.06. The van der Waals surface area contributed by atoms with E-state index in [9.17, 15) is 4.79 Å². The molecule has 0 aliphatic heterocycles. The Hall–Kier alpha value is -3.93. The molecule has 1 amide bonds. The van der Waals surface area contributed by atoms with E-state index in [0.29, 0.717) is 24.1 Å². The van der Waals surface area contributed by atoms with E-state index in [1.165, 1.54) is 5.56 Å². The zero-order valence-corrected chi connectivity index (χ0v) is 18.8. The number of benzene rings is 3. The molecular weight excluding hydrogens is 410 g/mol. The topological polar surface area (TPSA) is 96.8 Å². The summed E-state index contributed by atoms with van der Waals surface area (Å²) < 4.78 is 2.06. The van der Waals surface area contributed by atoms with Crippen molar-refractivity contribution >= 4 is 22.8 Å². The number of nitrogen functional groups attached to an aromatic ring is 1. The van der Waals surface area contributed by atoms with Gasteiger partial charge in [-0.25, -0.2) is 4.98 Å². The van der Waals surface area contributed by atoms with Gasteiger partial charge in [0, 0.05) is 31.1 Å². The Bertz CT molecular complexity index is 1260. The minimum Gasteiger partial charge on any atom is -0.384 e. The number of fused-ring (bicyclic) bond motifs is 1. The second-order valence-electron chi connectivity index (χ2n) is 8.28. The van der Waals surface area contributed by atoms with Crippen molar-refractivity contribution in [2.24, 2.45) is 12.8 Å². The number of hydrogen-bond acceptors (Lipinski definition) is 3. The van der Waals surface area contributed by atoms with Crippen LogP contribution in [0, 0.1) is 5.41 Å². The van der Waals surface area contributed by atoms with Gasteiger partial charge in [-0.2, -0.15) is 0 Å². The van der Waals surface area contributed by atoms with Crippen LogP contribution in [-0.4, -0.2) is 27.8 Å². The van der Waals surface area contributed by atoms with E-state index in [-0.39, 0.29) is 11.7 Å². The lowest BCUT2D eigenvalue weighted by Crippen LogP contribution is -2.24. The number of hydrogen-bond donors (Lipinski definition) is 3. The minimum atomic E-state index is -0.0661. The molecule has 0 fully saturated rings. The molecule has 4 N–H and O–H groups in total. The van der Waals surface area contributed by atoms with E-state index in [1.807, 2.05) is 55.6 Å². The van der Waals surface area contributed by atoms with Crippen LogP contribution in [0.3, 0.4) is 0 Å². The lowest BCUT2D eigenvalue weighted by atomic mass is 10.1. The zero-order valence-electron chi connectivity index (χ0n) is 18.8. The summed E-state index contributed by atoms with van der Waals surface area (Å²) in [5, 5.41) is 10.5. The normalized spacial score (nSPS) is 10.9. The van der Waals surface area contributed by atoms with Gasteiger partial charge in [0.25, 0.3) is 5.91 Å². The number of amidine groups is 1. The maximum atomic E-state index is 12.6. The Balaban J connectivity index is 1.36. The predicted octanol–water partition coefficient (Wildman–Crippen LogP) is 4.20. The van der Waals surface area contributed by atoms with Gasteiger partial charge in [-0.15, -0.1) is 0 Å². The Morgan fingerprint density at radius 1 is 0.970 bits per heavy atom. The van der Waals surface area contributed by atoms with Crippen molar-refractivity contribution in [3.8, 4) is 0 Å². The van der Waals surface area contributed by atoms with Gasteiger partial charge in [-0.3, -0.25) is 10.2 Å². The van der Waals surface area contributed by atoms with Crippen LogP contribution in [0.4, 0.5) is 0 Å². The molecule has 4 rings (SSSR count). The number of imidazole rings is 1. The summed E-state index contributed by atoms with van der Waals surface area (Å²) >= 11 is 0. The number of nitrogens with zero attached hydrogens (tertiary/aromatic N) is 2. The van der Waals surface area contributed by atoms with Crippen LogP contribution in [0.2, 0.25) is 0 Å². The highest BCUT2D eigenvalue weighted by Gasteiger charge is 2.12. The number of carbonyl (C=O) groups is 1. The van der Waals surface area contributed by atoms with Gasteiger partial charge in [0.05, 0.1) is 11.0 Å². The van der Waals surface area contributed by atoms with Gasteiger partial charge in [-0.05, 0) is 48.6 Å². The van der Waals surface area contributed by atoms with Crippen LogP contribution in [0.5, 0.6) is 0 Å². The molecule has 0 radical (unpaired) electrons. The van der Waals surface area contributed by atoms with Crippen LogP contribution in [0.1, 0.15) is 45.7 Å². The molecule has 33 heavy (non-hydrogen) atoms. The molecule has 0 saturated carbocycles. The molecule has 0 aliphatic rings. The van der Waals surface area contributed by atoms with Gasteiger partial charge in [0.2, 0.25) is 0 Å². The Morgan fingerprint density at radius 3 is 2.42 bits per heavy atom. The smallest absolute Gasteiger partial charge is 0.251 e. The first-order valence-electron chi connectivity index (χ1n) is 11.2. The highest BCUT2D eigenvalue weighted by molar-refractivity contribution is 5.97. The highest BCUT2D eigenvalue weighted by atomic mass is 16.1. The molecule has 0 aliphatic carbocycles.